The molecular formula is C24H27N3O3S. The maximum absolute atomic E-state index is 12.4. The Morgan fingerprint density at radius 2 is 1.90 bits per heavy atom. The van der Waals surface area contributed by atoms with Gasteiger partial charge in [0.2, 0.25) is 10.0 Å². The molecule has 0 fully saturated rings. The van der Waals surface area contributed by atoms with Gasteiger partial charge in [-0.1, -0.05) is 19.9 Å². The first-order chi connectivity index (χ1) is 14.7. The fourth-order valence-electron chi connectivity index (χ4n) is 3.90. The third-order valence-electron chi connectivity index (χ3n) is 6.25. The fraction of sp³-hybridized carbons (Fsp3) is 0.292. The van der Waals surface area contributed by atoms with Gasteiger partial charge in [0, 0.05) is 30.4 Å². The standard InChI is InChI=1S/C24H27N3O3S/c1-17-24(2,3)22-14-18(7-12-23(22)27(17)4)15-25-19-8-10-21(11-9-19)31(28,29)26-16-20-6-5-13-30-20/h5-15,17,26H,16H2,1-4H3. The van der Waals surface area contributed by atoms with Crippen molar-refractivity contribution < 1.29 is 12.8 Å². The van der Waals surface area contributed by atoms with Gasteiger partial charge >= 0.3 is 0 Å². The highest BCUT2D eigenvalue weighted by atomic mass is 32.2. The van der Waals surface area contributed by atoms with Gasteiger partial charge in [0.05, 0.1) is 23.4 Å². The van der Waals surface area contributed by atoms with Crippen LogP contribution >= 0.6 is 0 Å². The van der Waals surface area contributed by atoms with Gasteiger partial charge < -0.3 is 9.32 Å². The number of furan rings is 1. The summed E-state index contributed by atoms with van der Waals surface area (Å²) in [6.45, 7) is 6.88. The number of nitrogens with zero attached hydrogens (tertiary/aromatic N) is 2. The van der Waals surface area contributed by atoms with Gasteiger partial charge in [-0.3, -0.25) is 4.99 Å². The molecule has 1 atom stereocenters. The molecule has 0 amide bonds. The zero-order valence-corrected chi connectivity index (χ0v) is 19.0. The average molecular weight is 438 g/mol. The van der Waals surface area contributed by atoms with Crippen molar-refractivity contribution in [3.63, 3.8) is 0 Å². The topological polar surface area (TPSA) is 74.9 Å². The summed E-state index contributed by atoms with van der Waals surface area (Å²) in [5, 5.41) is 0. The molecule has 1 aliphatic heterocycles. The molecule has 2 aromatic carbocycles. The molecule has 1 unspecified atom stereocenters. The number of nitrogens with one attached hydrogen (secondary N) is 1. The highest BCUT2D eigenvalue weighted by Gasteiger charge is 2.39. The quantitative estimate of drug-likeness (QED) is 0.571. The van der Waals surface area contributed by atoms with Crippen molar-refractivity contribution in [2.45, 2.75) is 43.7 Å². The molecule has 2 heterocycles. The van der Waals surface area contributed by atoms with E-state index in [0.717, 1.165) is 5.56 Å². The van der Waals surface area contributed by atoms with E-state index in [4.69, 9.17) is 4.42 Å². The minimum Gasteiger partial charge on any atom is -0.468 e. The lowest BCUT2D eigenvalue weighted by atomic mass is 9.81. The molecule has 4 rings (SSSR count). The number of aliphatic imine (C=N–C) groups is 1. The van der Waals surface area contributed by atoms with Crippen LogP contribution in [0.25, 0.3) is 0 Å². The lowest BCUT2D eigenvalue weighted by Gasteiger charge is -2.28. The first-order valence-corrected chi connectivity index (χ1v) is 11.7. The van der Waals surface area contributed by atoms with E-state index in [0.29, 0.717) is 17.5 Å². The average Bonchev–Trinajstić information content (AvgIpc) is 3.34. The van der Waals surface area contributed by atoms with Crippen molar-refractivity contribution in [2.75, 3.05) is 11.9 Å². The second kappa shape index (κ2) is 7.98. The van der Waals surface area contributed by atoms with E-state index in [9.17, 15) is 8.42 Å². The first kappa shape index (κ1) is 21.3. The SMILES string of the molecule is CC1N(C)c2ccc(C=Nc3ccc(S(=O)(=O)NCc4ccco4)cc3)cc2C1(C)C. The fourth-order valence-corrected chi connectivity index (χ4v) is 4.89. The Morgan fingerprint density at radius 3 is 2.58 bits per heavy atom. The third kappa shape index (κ3) is 4.16. The summed E-state index contributed by atoms with van der Waals surface area (Å²) in [7, 11) is -1.49. The molecule has 0 aliphatic carbocycles. The largest absolute Gasteiger partial charge is 0.468 e. The van der Waals surface area contributed by atoms with E-state index < -0.39 is 10.0 Å². The third-order valence-corrected chi connectivity index (χ3v) is 7.66. The molecule has 1 aromatic heterocycles. The van der Waals surface area contributed by atoms with Crippen LogP contribution < -0.4 is 9.62 Å². The van der Waals surface area contributed by atoms with Crippen LogP contribution in [-0.2, 0) is 22.0 Å². The summed E-state index contributed by atoms with van der Waals surface area (Å²) in [6, 6.07) is 16.8. The summed E-state index contributed by atoms with van der Waals surface area (Å²) < 4.78 is 32.6. The minimum absolute atomic E-state index is 0.0621. The predicted molar refractivity (Wildman–Crippen MR) is 124 cm³/mol. The number of hydrogen-bond donors (Lipinski definition) is 1. The highest BCUT2D eigenvalue weighted by Crippen LogP contribution is 2.44. The van der Waals surface area contributed by atoms with E-state index >= 15 is 0 Å². The van der Waals surface area contributed by atoms with Gasteiger partial charge in [0.15, 0.2) is 0 Å². The molecule has 0 radical (unpaired) electrons. The van der Waals surface area contributed by atoms with Crippen LogP contribution in [0.2, 0.25) is 0 Å². The Kier molecular flexibility index (Phi) is 5.49. The normalized spacial score (nSPS) is 17.9. The molecule has 0 saturated heterocycles. The van der Waals surface area contributed by atoms with Gasteiger partial charge in [-0.15, -0.1) is 0 Å². The molecule has 0 saturated carbocycles. The maximum atomic E-state index is 12.4. The van der Waals surface area contributed by atoms with Crippen molar-refractivity contribution in [3.8, 4) is 0 Å². The zero-order valence-electron chi connectivity index (χ0n) is 18.2. The van der Waals surface area contributed by atoms with Crippen LogP contribution in [-0.4, -0.2) is 27.7 Å². The Morgan fingerprint density at radius 1 is 1.16 bits per heavy atom. The molecule has 31 heavy (non-hydrogen) atoms. The van der Waals surface area contributed by atoms with Crippen LogP contribution in [0.5, 0.6) is 0 Å². The lowest BCUT2D eigenvalue weighted by molar-refractivity contribution is 0.454. The van der Waals surface area contributed by atoms with Crippen molar-refractivity contribution in [1.82, 2.24) is 4.72 Å². The Hall–Kier alpha value is -2.90. The summed E-state index contributed by atoms with van der Waals surface area (Å²) in [5.74, 6) is 0.558. The van der Waals surface area contributed by atoms with Gasteiger partial charge in [-0.2, -0.15) is 0 Å². The summed E-state index contributed by atoms with van der Waals surface area (Å²) in [5.41, 5.74) is 4.34. The van der Waals surface area contributed by atoms with Crippen molar-refractivity contribution >= 4 is 27.6 Å². The number of benzene rings is 2. The molecule has 7 heteroatoms. The van der Waals surface area contributed by atoms with Gasteiger partial charge in [-0.05, 0) is 66.6 Å². The molecule has 3 aromatic rings. The van der Waals surface area contributed by atoms with E-state index in [2.05, 4.69) is 60.6 Å². The Bertz CT molecular complexity index is 1200. The molecule has 1 N–H and O–H groups in total. The van der Waals surface area contributed by atoms with Crippen molar-refractivity contribution in [3.05, 3.63) is 77.7 Å². The number of anilines is 1. The second-order valence-electron chi connectivity index (χ2n) is 8.44. The Balaban J connectivity index is 1.48. The monoisotopic (exact) mass is 437 g/mol. The van der Waals surface area contributed by atoms with Gasteiger partial charge in [0.25, 0.3) is 0 Å². The number of likely N-dealkylation sites (N-methyl/N-ethyl adjacent to an activating group) is 1. The van der Waals surface area contributed by atoms with Crippen LogP contribution in [0.1, 0.15) is 37.7 Å². The number of fused-ring (bicyclic) bond motifs is 1. The van der Waals surface area contributed by atoms with Crippen molar-refractivity contribution in [1.29, 1.82) is 0 Å². The number of sulfonamides is 1. The first-order valence-electron chi connectivity index (χ1n) is 10.2. The Labute approximate surface area is 183 Å². The van der Waals surface area contributed by atoms with E-state index in [1.807, 2.05) is 6.21 Å². The zero-order chi connectivity index (χ0) is 22.2. The smallest absolute Gasteiger partial charge is 0.240 e. The highest BCUT2D eigenvalue weighted by molar-refractivity contribution is 7.89. The lowest BCUT2D eigenvalue weighted by Crippen LogP contribution is -2.36. The molecule has 6 nitrogen and oxygen atoms in total. The molecule has 0 bridgehead atoms. The van der Waals surface area contributed by atoms with E-state index in [1.54, 1.807) is 36.4 Å². The molecule has 162 valence electrons. The van der Waals surface area contributed by atoms with Gasteiger partial charge in [-0.25, -0.2) is 13.1 Å². The summed E-state index contributed by atoms with van der Waals surface area (Å²) in [4.78, 5) is 7.03. The van der Waals surface area contributed by atoms with Gasteiger partial charge in [0.1, 0.15) is 5.76 Å². The summed E-state index contributed by atoms with van der Waals surface area (Å²) >= 11 is 0. The minimum atomic E-state index is -3.62. The van der Waals surface area contributed by atoms with Crippen LogP contribution in [0, 0.1) is 0 Å². The van der Waals surface area contributed by atoms with Crippen molar-refractivity contribution in [2.24, 2.45) is 4.99 Å². The van der Waals surface area contributed by atoms with E-state index in [-0.39, 0.29) is 16.9 Å². The maximum Gasteiger partial charge on any atom is 0.240 e. The second-order valence-corrected chi connectivity index (χ2v) is 10.2. The van der Waals surface area contributed by atoms with Crippen LogP contribution in [0.15, 0.2) is 75.2 Å². The van der Waals surface area contributed by atoms with Crippen LogP contribution in [0.4, 0.5) is 11.4 Å². The molecular weight excluding hydrogens is 410 g/mol. The number of hydrogen-bond acceptors (Lipinski definition) is 5. The summed E-state index contributed by atoms with van der Waals surface area (Å²) in [6.07, 6.45) is 3.33. The molecule has 1 aliphatic rings. The van der Waals surface area contributed by atoms with E-state index in [1.165, 1.54) is 17.5 Å². The van der Waals surface area contributed by atoms with Crippen LogP contribution in [0.3, 0.4) is 0 Å². The predicted octanol–water partition coefficient (Wildman–Crippen LogP) is 4.62. The number of rotatable bonds is 6. The molecule has 0 spiro atoms.